The molecule has 0 amide bonds. The molecule has 2 atom stereocenters. The van der Waals surface area contributed by atoms with Gasteiger partial charge in [-0.15, -0.1) is 0 Å². The summed E-state index contributed by atoms with van der Waals surface area (Å²) in [6.45, 7) is 0. The molecule has 0 aliphatic heterocycles. The highest BCUT2D eigenvalue weighted by Crippen LogP contribution is 2.27. The smallest absolute Gasteiger partial charge is 0.306 e. The number of carboxylic acid groups (broad SMARTS) is 1. The molecule has 0 heterocycles. The molecule has 16 heavy (non-hydrogen) atoms. The van der Waals surface area contributed by atoms with Crippen molar-refractivity contribution in [3.8, 4) is 0 Å². The standard InChI is InChI=1S/C10H10ClFO4/c11-7-3-5(12)1-2-6(7)10(16)8(13)4-9(14)15/h1-3,8,10,13,16H,4H2,(H,14,15). The maximum absolute atomic E-state index is 12.7. The number of carbonyl (C=O) groups is 1. The van der Waals surface area contributed by atoms with E-state index < -0.39 is 30.4 Å². The second kappa shape index (κ2) is 5.25. The van der Waals surface area contributed by atoms with E-state index in [0.29, 0.717) is 0 Å². The molecular formula is C10H10ClFO4. The van der Waals surface area contributed by atoms with Gasteiger partial charge < -0.3 is 15.3 Å². The Hall–Kier alpha value is -1.17. The van der Waals surface area contributed by atoms with Crippen LogP contribution in [0.2, 0.25) is 5.02 Å². The van der Waals surface area contributed by atoms with Crippen LogP contribution in [0.1, 0.15) is 18.1 Å². The molecule has 0 aromatic heterocycles. The van der Waals surface area contributed by atoms with Crippen LogP contribution in [0, 0.1) is 5.82 Å². The largest absolute Gasteiger partial charge is 0.481 e. The Bertz CT molecular complexity index is 396. The quantitative estimate of drug-likeness (QED) is 0.752. The Balaban J connectivity index is 2.87. The second-order valence-electron chi connectivity index (χ2n) is 3.28. The fourth-order valence-electron chi connectivity index (χ4n) is 1.24. The van der Waals surface area contributed by atoms with Gasteiger partial charge in [-0.1, -0.05) is 17.7 Å². The minimum absolute atomic E-state index is 0.0584. The number of rotatable bonds is 4. The molecule has 88 valence electrons. The van der Waals surface area contributed by atoms with Crippen LogP contribution in [-0.4, -0.2) is 27.4 Å². The fourth-order valence-corrected chi connectivity index (χ4v) is 1.52. The molecule has 4 nitrogen and oxygen atoms in total. The lowest BCUT2D eigenvalue weighted by molar-refractivity contribution is -0.141. The van der Waals surface area contributed by atoms with Gasteiger partial charge in [0.05, 0.1) is 12.5 Å². The number of hydrogen-bond donors (Lipinski definition) is 3. The van der Waals surface area contributed by atoms with Crippen molar-refractivity contribution in [1.82, 2.24) is 0 Å². The predicted octanol–water partition coefficient (Wildman–Crippen LogP) is 1.35. The van der Waals surface area contributed by atoms with Crippen LogP contribution in [0.4, 0.5) is 4.39 Å². The summed E-state index contributed by atoms with van der Waals surface area (Å²) in [5, 5.41) is 27.3. The Morgan fingerprint density at radius 2 is 2.06 bits per heavy atom. The van der Waals surface area contributed by atoms with E-state index in [0.717, 1.165) is 12.1 Å². The number of hydrogen-bond acceptors (Lipinski definition) is 3. The first-order valence-corrected chi connectivity index (χ1v) is 4.82. The van der Waals surface area contributed by atoms with Crippen LogP contribution in [0.25, 0.3) is 0 Å². The number of halogens is 2. The normalized spacial score (nSPS) is 14.5. The zero-order valence-corrected chi connectivity index (χ0v) is 8.86. The number of aliphatic hydroxyl groups excluding tert-OH is 2. The molecule has 1 rings (SSSR count). The summed E-state index contributed by atoms with van der Waals surface area (Å²) < 4.78 is 12.7. The zero-order valence-electron chi connectivity index (χ0n) is 8.10. The van der Waals surface area contributed by atoms with E-state index in [-0.39, 0.29) is 10.6 Å². The van der Waals surface area contributed by atoms with E-state index in [1.807, 2.05) is 0 Å². The van der Waals surface area contributed by atoms with E-state index in [1.165, 1.54) is 6.07 Å². The van der Waals surface area contributed by atoms with Gasteiger partial charge in [0, 0.05) is 10.6 Å². The lowest BCUT2D eigenvalue weighted by Gasteiger charge is -2.17. The molecular weight excluding hydrogens is 239 g/mol. The van der Waals surface area contributed by atoms with Crippen LogP contribution in [0.15, 0.2) is 18.2 Å². The summed E-state index contributed by atoms with van der Waals surface area (Å²) in [5.74, 6) is -1.82. The first-order chi connectivity index (χ1) is 7.41. The van der Waals surface area contributed by atoms with Gasteiger partial charge in [0.25, 0.3) is 0 Å². The molecule has 3 N–H and O–H groups in total. The average molecular weight is 249 g/mol. The van der Waals surface area contributed by atoms with Crippen molar-refractivity contribution in [1.29, 1.82) is 0 Å². The monoisotopic (exact) mass is 248 g/mol. The van der Waals surface area contributed by atoms with E-state index in [4.69, 9.17) is 16.7 Å². The Morgan fingerprint density at radius 3 is 2.56 bits per heavy atom. The van der Waals surface area contributed by atoms with Crippen molar-refractivity contribution in [2.45, 2.75) is 18.6 Å². The topological polar surface area (TPSA) is 77.8 Å². The maximum Gasteiger partial charge on any atom is 0.306 e. The highest BCUT2D eigenvalue weighted by molar-refractivity contribution is 6.31. The number of aliphatic carboxylic acids is 1. The van der Waals surface area contributed by atoms with Crippen molar-refractivity contribution < 1.29 is 24.5 Å². The predicted molar refractivity (Wildman–Crippen MR) is 54.6 cm³/mol. The van der Waals surface area contributed by atoms with Crippen LogP contribution >= 0.6 is 11.6 Å². The van der Waals surface area contributed by atoms with Gasteiger partial charge in [-0.25, -0.2) is 4.39 Å². The number of aliphatic hydroxyl groups is 2. The average Bonchev–Trinajstić information content (AvgIpc) is 2.15. The SMILES string of the molecule is O=C(O)CC(O)C(O)c1ccc(F)cc1Cl. The molecule has 0 fully saturated rings. The van der Waals surface area contributed by atoms with E-state index in [9.17, 15) is 19.4 Å². The lowest BCUT2D eigenvalue weighted by Crippen LogP contribution is -2.22. The number of benzene rings is 1. The summed E-state index contributed by atoms with van der Waals surface area (Å²) in [4.78, 5) is 10.3. The molecule has 0 bridgehead atoms. The summed E-state index contributed by atoms with van der Waals surface area (Å²) in [5.41, 5.74) is 0.0943. The van der Waals surface area contributed by atoms with Crippen LogP contribution in [0.5, 0.6) is 0 Å². The Labute approximate surface area is 95.9 Å². The molecule has 0 saturated heterocycles. The third kappa shape index (κ3) is 3.16. The lowest BCUT2D eigenvalue weighted by atomic mass is 10.0. The summed E-state index contributed by atoms with van der Waals surface area (Å²) in [6.07, 6.45) is -3.56. The van der Waals surface area contributed by atoms with Gasteiger partial charge in [0.1, 0.15) is 11.9 Å². The van der Waals surface area contributed by atoms with Gasteiger partial charge in [-0.3, -0.25) is 4.79 Å². The third-order valence-electron chi connectivity index (χ3n) is 2.03. The summed E-state index contributed by atoms with van der Waals surface area (Å²) >= 11 is 5.65. The first kappa shape index (κ1) is 12.9. The van der Waals surface area contributed by atoms with Crippen molar-refractivity contribution in [3.63, 3.8) is 0 Å². The highest BCUT2D eigenvalue weighted by Gasteiger charge is 2.23. The van der Waals surface area contributed by atoms with Crippen molar-refractivity contribution in [3.05, 3.63) is 34.6 Å². The molecule has 0 aliphatic rings. The fraction of sp³-hybridized carbons (Fsp3) is 0.300. The van der Waals surface area contributed by atoms with Crippen molar-refractivity contribution >= 4 is 17.6 Å². The zero-order chi connectivity index (χ0) is 12.3. The van der Waals surface area contributed by atoms with E-state index >= 15 is 0 Å². The van der Waals surface area contributed by atoms with Gasteiger partial charge in [-0.05, 0) is 12.1 Å². The van der Waals surface area contributed by atoms with Crippen molar-refractivity contribution in [2.75, 3.05) is 0 Å². The van der Waals surface area contributed by atoms with Crippen LogP contribution in [0.3, 0.4) is 0 Å². The van der Waals surface area contributed by atoms with Crippen LogP contribution in [-0.2, 0) is 4.79 Å². The summed E-state index contributed by atoms with van der Waals surface area (Å²) in [6, 6.07) is 3.25. The third-order valence-corrected chi connectivity index (χ3v) is 2.36. The highest BCUT2D eigenvalue weighted by atomic mass is 35.5. The van der Waals surface area contributed by atoms with Crippen molar-refractivity contribution in [2.24, 2.45) is 0 Å². The maximum atomic E-state index is 12.7. The second-order valence-corrected chi connectivity index (χ2v) is 3.68. The minimum atomic E-state index is -1.49. The molecule has 2 unspecified atom stereocenters. The molecule has 6 heteroatoms. The molecule has 1 aromatic rings. The summed E-state index contributed by atoms with van der Waals surface area (Å²) in [7, 11) is 0. The van der Waals surface area contributed by atoms with Gasteiger partial charge in [0.2, 0.25) is 0 Å². The van der Waals surface area contributed by atoms with Gasteiger partial charge >= 0.3 is 5.97 Å². The minimum Gasteiger partial charge on any atom is -0.481 e. The Morgan fingerprint density at radius 1 is 1.44 bits per heavy atom. The van der Waals surface area contributed by atoms with Gasteiger partial charge in [-0.2, -0.15) is 0 Å². The molecule has 0 spiro atoms. The Kier molecular flexibility index (Phi) is 4.23. The molecule has 0 radical (unpaired) electrons. The molecule has 1 aromatic carbocycles. The first-order valence-electron chi connectivity index (χ1n) is 4.44. The molecule has 0 saturated carbocycles. The molecule has 0 aliphatic carbocycles. The van der Waals surface area contributed by atoms with E-state index in [1.54, 1.807) is 0 Å². The van der Waals surface area contributed by atoms with Crippen LogP contribution < -0.4 is 0 Å². The number of carboxylic acids is 1. The van der Waals surface area contributed by atoms with E-state index in [2.05, 4.69) is 0 Å². The van der Waals surface area contributed by atoms with Gasteiger partial charge in [0.15, 0.2) is 0 Å².